The van der Waals surface area contributed by atoms with Gasteiger partial charge in [-0.2, -0.15) is 5.10 Å². The van der Waals surface area contributed by atoms with Crippen LogP contribution in [0.25, 0.3) is 22.6 Å². The number of fused-ring (bicyclic) bond motifs is 4. The van der Waals surface area contributed by atoms with Gasteiger partial charge >= 0.3 is 0 Å². The molecule has 11 heteroatoms. The minimum absolute atomic E-state index is 0.171. The topological polar surface area (TPSA) is 134 Å². The second-order valence-electron chi connectivity index (χ2n) is 11.0. The molecule has 0 spiro atoms. The highest BCUT2D eigenvalue weighted by molar-refractivity contribution is 5.97. The highest BCUT2D eigenvalue weighted by atomic mass is 16.5. The molecule has 43 heavy (non-hydrogen) atoms. The summed E-state index contributed by atoms with van der Waals surface area (Å²) in [5, 5.41) is 12.7. The van der Waals surface area contributed by atoms with Crippen molar-refractivity contribution in [3.63, 3.8) is 0 Å². The fourth-order valence-electron chi connectivity index (χ4n) is 5.10. The molecule has 1 aliphatic rings. The van der Waals surface area contributed by atoms with Crippen LogP contribution < -0.4 is 15.4 Å². The highest BCUT2D eigenvalue weighted by Gasteiger charge is 2.25. The molecule has 3 amide bonds. The lowest BCUT2D eigenvalue weighted by Gasteiger charge is -2.25. The number of rotatable bonds is 4. The molecular formula is C32H37N7O4. The first-order chi connectivity index (χ1) is 20.9. The molecule has 4 aromatic rings. The van der Waals surface area contributed by atoms with Crippen LogP contribution in [-0.4, -0.2) is 74.7 Å². The Morgan fingerprint density at radius 1 is 1.05 bits per heavy atom. The first-order valence-corrected chi connectivity index (χ1v) is 14.6. The van der Waals surface area contributed by atoms with Crippen LogP contribution in [-0.2, 0) is 16.1 Å². The summed E-state index contributed by atoms with van der Waals surface area (Å²) < 4.78 is 8.01. The number of nitrogens with one attached hydrogen (secondary N) is 3. The predicted molar refractivity (Wildman–Crippen MR) is 162 cm³/mol. The molecule has 0 radical (unpaired) electrons. The van der Waals surface area contributed by atoms with Crippen LogP contribution in [0, 0.1) is 5.92 Å². The SMILES string of the molecule is CC(C)C[C@H]1NC(=O)CN(C(=O)c2ccc(-c3ccn[nH]3)cc2)CCCOc2cccc(c2)-c2nccn2CCNC1=O. The van der Waals surface area contributed by atoms with E-state index >= 15 is 0 Å². The summed E-state index contributed by atoms with van der Waals surface area (Å²) in [5.41, 5.74) is 3.09. The van der Waals surface area contributed by atoms with Crippen molar-refractivity contribution in [3.05, 3.63) is 78.8 Å². The quantitative estimate of drug-likeness (QED) is 0.337. The van der Waals surface area contributed by atoms with Gasteiger partial charge in [0.15, 0.2) is 0 Å². The van der Waals surface area contributed by atoms with Crippen LogP contribution >= 0.6 is 0 Å². The Bertz CT molecular complexity index is 1530. The molecule has 0 saturated heterocycles. The molecular weight excluding hydrogens is 546 g/mol. The first-order valence-electron chi connectivity index (χ1n) is 14.6. The standard InChI is InChI=1S/C32H37N7O4/c1-22(2)19-28-31(41)34-14-17-38-16-13-33-30(38)25-5-3-6-26(20-25)43-18-4-15-39(21-29(40)36-28)32(42)24-9-7-23(8-10-24)27-11-12-35-37-27/h3,5-13,16,20,22,28H,4,14-15,17-19,21H2,1-2H3,(H,34,41)(H,35,37)(H,36,40)/t28-/m1/s1. The monoisotopic (exact) mass is 583 g/mol. The lowest BCUT2D eigenvalue weighted by molar-refractivity contribution is -0.129. The average molecular weight is 584 g/mol. The third-order valence-corrected chi connectivity index (χ3v) is 7.22. The number of benzene rings is 2. The molecule has 3 N–H and O–H groups in total. The van der Waals surface area contributed by atoms with Gasteiger partial charge in [0.2, 0.25) is 11.8 Å². The number of carbonyl (C=O) groups is 3. The molecule has 3 heterocycles. The van der Waals surface area contributed by atoms with Crippen molar-refractivity contribution < 1.29 is 19.1 Å². The number of nitrogens with zero attached hydrogens (tertiary/aromatic N) is 4. The van der Waals surface area contributed by atoms with Gasteiger partial charge in [0.1, 0.15) is 17.6 Å². The number of aromatic amines is 1. The van der Waals surface area contributed by atoms with Gasteiger partial charge in [0.05, 0.1) is 18.8 Å². The molecule has 1 aliphatic heterocycles. The van der Waals surface area contributed by atoms with Gasteiger partial charge in [-0.15, -0.1) is 0 Å². The van der Waals surface area contributed by atoms with Crippen molar-refractivity contribution in [2.24, 2.45) is 5.92 Å². The van der Waals surface area contributed by atoms with Crippen LogP contribution in [0.15, 0.2) is 73.2 Å². The Labute approximate surface area is 250 Å². The molecule has 0 aliphatic carbocycles. The highest BCUT2D eigenvalue weighted by Crippen LogP contribution is 2.23. The van der Waals surface area contributed by atoms with Crippen molar-refractivity contribution in [3.8, 4) is 28.4 Å². The van der Waals surface area contributed by atoms with E-state index in [0.29, 0.717) is 50.4 Å². The van der Waals surface area contributed by atoms with Gasteiger partial charge in [-0.05, 0) is 54.7 Å². The number of hydrogen-bond acceptors (Lipinski definition) is 6. The van der Waals surface area contributed by atoms with Crippen molar-refractivity contribution in [2.75, 3.05) is 26.2 Å². The fourth-order valence-corrected chi connectivity index (χ4v) is 5.10. The Balaban J connectivity index is 1.37. The van der Waals surface area contributed by atoms with E-state index in [9.17, 15) is 14.4 Å². The minimum atomic E-state index is -0.723. The Morgan fingerprint density at radius 2 is 1.88 bits per heavy atom. The Morgan fingerprint density at radius 3 is 2.65 bits per heavy atom. The molecule has 5 rings (SSSR count). The molecule has 2 bridgehead atoms. The lowest BCUT2D eigenvalue weighted by Crippen LogP contribution is -2.51. The summed E-state index contributed by atoms with van der Waals surface area (Å²) in [4.78, 5) is 46.1. The number of ether oxygens (including phenoxy) is 1. The van der Waals surface area contributed by atoms with Crippen LogP contribution in [0.3, 0.4) is 0 Å². The van der Waals surface area contributed by atoms with Crippen LogP contribution in [0.1, 0.15) is 37.0 Å². The van der Waals surface area contributed by atoms with Crippen molar-refractivity contribution >= 4 is 17.7 Å². The number of carbonyl (C=O) groups excluding carboxylic acids is 3. The second kappa shape index (κ2) is 13.8. The van der Waals surface area contributed by atoms with Gasteiger partial charge in [0, 0.05) is 49.4 Å². The number of amides is 3. The molecule has 2 aromatic carbocycles. The third-order valence-electron chi connectivity index (χ3n) is 7.22. The van der Waals surface area contributed by atoms with E-state index in [-0.39, 0.29) is 24.3 Å². The molecule has 0 fully saturated rings. The molecule has 224 valence electrons. The summed E-state index contributed by atoms with van der Waals surface area (Å²) in [5.74, 6) is 0.692. The Hall–Kier alpha value is -4.93. The number of imidazole rings is 1. The zero-order valence-corrected chi connectivity index (χ0v) is 24.5. The van der Waals surface area contributed by atoms with Gasteiger partial charge in [-0.25, -0.2) is 4.98 Å². The van der Waals surface area contributed by atoms with Crippen LogP contribution in [0.5, 0.6) is 5.75 Å². The summed E-state index contributed by atoms with van der Waals surface area (Å²) in [6, 6.07) is 16.0. The van der Waals surface area contributed by atoms with E-state index in [0.717, 1.165) is 22.6 Å². The average Bonchev–Trinajstić information content (AvgIpc) is 3.71. The smallest absolute Gasteiger partial charge is 0.254 e. The predicted octanol–water partition coefficient (Wildman–Crippen LogP) is 3.51. The maximum absolute atomic E-state index is 13.6. The first kappa shape index (κ1) is 29.6. The van der Waals surface area contributed by atoms with E-state index in [1.807, 2.05) is 67.1 Å². The van der Waals surface area contributed by atoms with E-state index in [4.69, 9.17) is 4.74 Å². The van der Waals surface area contributed by atoms with Gasteiger partial charge in [0.25, 0.3) is 5.91 Å². The third kappa shape index (κ3) is 7.68. The van der Waals surface area contributed by atoms with E-state index in [1.54, 1.807) is 24.5 Å². The largest absolute Gasteiger partial charge is 0.494 e. The lowest BCUT2D eigenvalue weighted by atomic mass is 10.0. The molecule has 0 unspecified atom stereocenters. The molecule has 11 nitrogen and oxygen atoms in total. The minimum Gasteiger partial charge on any atom is -0.494 e. The normalized spacial score (nSPS) is 16.8. The summed E-state index contributed by atoms with van der Waals surface area (Å²) in [6.07, 6.45) is 6.24. The fraction of sp³-hybridized carbons (Fsp3) is 0.344. The van der Waals surface area contributed by atoms with Gasteiger partial charge in [-0.1, -0.05) is 38.1 Å². The Kier molecular flexibility index (Phi) is 9.50. The number of H-pyrrole nitrogens is 1. The van der Waals surface area contributed by atoms with Crippen molar-refractivity contribution in [1.82, 2.24) is 35.3 Å². The van der Waals surface area contributed by atoms with E-state index in [2.05, 4.69) is 25.8 Å². The maximum atomic E-state index is 13.6. The number of aromatic nitrogens is 4. The second-order valence-corrected chi connectivity index (χ2v) is 11.0. The molecule has 0 saturated carbocycles. The van der Waals surface area contributed by atoms with E-state index in [1.165, 1.54) is 4.90 Å². The van der Waals surface area contributed by atoms with Crippen LogP contribution in [0.4, 0.5) is 0 Å². The van der Waals surface area contributed by atoms with Crippen LogP contribution in [0.2, 0.25) is 0 Å². The van der Waals surface area contributed by atoms with Crippen molar-refractivity contribution in [1.29, 1.82) is 0 Å². The zero-order chi connectivity index (χ0) is 30.2. The summed E-state index contributed by atoms with van der Waals surface area (Å²) in [6.45, 7) is 5.33. The zero-order valence-electron chi connectivity index (χ0n) is 24.5. The van der Waals surface area contributed by atoms with Gasteiger partial charge < -0.3 is 24.8 Å². The van der Waals surface area contributed by atoms with Gasteiger partial charge in [-0.3, -0.25) is 19.5 Å². The van der Waals surface area contributed by atoms with E-state index < -0.39 is 11.9 Å². The molecule has 1 atom stereocenters. The number of hydrogen-bond donors (Lipinski definition) is 3. The maximum Gasteiger partial charge on any atom is 0.254 e. The summed E-state index contributed by atoms with van der Waals surface area (Å²) in [7, 11) is 0. The van der Waals surface area contributed by atoms with Crippen molar-refractivity contribution in [2.45, 2.75) is 39.3 Å². The summed E-state index contributed by atoms with van der Waals surface area (Å²) >= 11 is 0. The molecule has 2 aromatic heterocycles.